The summed E-state index contributed by atoms with van der Waals surface area (Å²) in [5.41, 5.74) is 2.15. The molecule has 1 aliphatic rings. The van der Waals surface area contributed by atoms with Crippen LogP contribution in [0.5, 0.6) is 17.2 Å². The van der Waals surface area contributed by atoms with Crippen molar-refractivity contribution in [2.75, 3.05) is 26.1 Å². The van der Waals surface area contributed by atoms with Gasteiger partial charge in [0.05, 0.1) is 19.4 Å². The minimum Gasteiger partial charge on any atom is -0.488 e. The Labute approximate surface area is 196 Å². The predicted octanol–water partition coefficient (Wildman–Crippen LogP) is 2.17. The number of hydrogen-bond donors (Lipinski definition) is 3. The van der Waals surface area contributed by atoms with Crippen molar-refractivity contribution in [3.63, 3.8) is 0 Å². The number of nitrogens with one attached hydrogen (secondary N) is 1. The van der Waals surface area contributed by atoms with E-state index in [1.54, 1.807) is 25.1 Å². The van der Waals surface area contributed by atoms with Crippen molar-refractivity contribution in [2.45, 2.75) is 24.1 Å². The number of aromatic amines is 1. The maximum atomic E-state index is 11.6. The second-order valence-electron chi connectivity index (χ2n) is 7.88. The molecule has 0 unspecified atom stereocenters. The standard InChI is InChI=1S/C23H25N3O7S/c1-14(11-27)32-18-7-15(20-4-5-21(26-20)23-25-16(12-28)13-31-23)8-19(9-18)33-17-3-6-22(24-10-17)34(2,29)30/h3-10,14,16,26-28H,11-13H2,1-2H3/t14-,16+/m0/s1. The number of rotatable bonds is 9. The molecule has 2 aromatic heterocycles. The van der Waals surface area contributed by atoms with Crippen LogP contribution < -0.4 is 9.47 Å². The minimum atomic E-state index is -3.42. The molecule has 34 heavy (non-hydrogen) atoms. The quantitative estimate of drug-likeness (QED) is 0.417. The van der Waals surface area contributed by atoms with E-state index in [4.69, 9.17) is 14.2 Å². The summed E-state index contributed by atoms with van der Waals surface area (Å²) in [4.78, 5) is 11.5. The van der Waals surface area contributed by atoms with Crippen LogP contribution in [0, 0.1) is 0 Å². The number of pyridine rings is 1. The average molecular weight is 488 g/mol. The molecule has 0 bridgehead atoms. The first kappa shape index (κ1) is 23.7. The van der Waals surface area contributed by atoms with Crippen molar-refractivity contribution < 1.29 is 32.8 Å². The first-order valence-electron chi connectivity index (χ1n) is 10.5. The lowest BCUT2D eigenvalue weighted by Crippen LogP contribution is -2.16. The number of aliphatic hydroxyl groups is 2. The SMILES string of the molecule is C[C@@H](CO)Oc1cc(Oc2ccc(S(C)(=O)=O)nc2)cc(-c2ccc(C3=N[C@H](CO)CO3)[nH]2)c1. The van der Waals surface area contributed by atoms with Crippen LogP contribution in [0.15, 0.2) is 58.7 Å². The molecule has 0 aliphatic carbocycles. The summed E-state index contributed by atoms with van der Waals surface area (Å²) in [5.74, 6) is 1.68. The van der Waals surface area contributed by atoms with E-state index in [0.29, 0.717) is 35.4 Å². The fraction of sp³-hybridized carbons (Fsp3) is 0.304. The monoisotopic (exact) mass is 487 g/mol. The van der Waals surface area contributed by atoms with Crippen LogP contribution in [-0.2, 0) is 14.6 Å². The average Bonchev–Trinajstić information content (AvgIpc) is 3.48. The molecular weight excluding hydrogens is 462 g/mol. The van der Waals surface area contributed by atoms with Crippen molar-refractivity contribution >= 4 is 15.7 Å². The van der Waals surface area contributed by atoms with Crippen LogP contribution >= 0.6 is 0 Å². The van der Waals surface area contributed by atoms with E-state index in [1.807, 2.05) is 12.1 Å². The minimum absolute atomic E-state index is 0.0474. The van der Waals surface area contributed by atoms with Gasteiger partial charge in [-0.3, -0.25) is 0 Å². The summed E-state index contributed by atoms with van der Waals surface area (Å²) in [5, 5.41) is 18.6. The fourth-order valence-electron chi connectivity index (χ4n) is 3.25. The molecule has 0 amide bonds. The number of nitrogens with zero attached hydrogens (tertiary/aromatic N) is 2. The molecule has 0 saturated heterocycles. The van der Waals surface area contributed by atoms with E-state index in [-0.39, 0.29) is 24.3 Å². The molecule has 1 aromatic carbocycles. The number of H-pyrrole nitrogens is 1. The summed E-state index contributed by atoms with van der Waals surface area (Å²) in [6.45, 7) is 1.82. The van der Waals surface area contributed by atoms with Crippen LogP contribution in [0.3, 0.4) is 0 Å². The molecule has 0 fully saturated rings. The van der Waals surface area contributed by atoms with E-state index in [0.717, 1.165) is 17.5 Å². The highest BCUT2D eigenvalue weighted by Gasteiger charge is 2.21. The normalized spacial score (nSPS) is 16.6. The molecule has 2 atom stereocenters. The Morgan fingerprint density at radius 3 is 2.53 bits per heavy atom. The number of aliphatic hydroxyl groups excluding tert-OH is 2. The first-order valence-corrected chi connectivity index (χ1v) is 12.4. The zero-order chi connectivity index (χ0) is 24.3. The summed E-state index contributed by atoms with van der Waals surface area (Å²) < 4.78 is 40.5. The largest absolute Gasteiger partial charge is 0.488 e. The third kappa shape index (κ3) is 5.56. The third-order valence-corrected chi connectivity index (χ3v) is 5.95. The lowest BCUT2D eigenvalue weighted by molar-refractivity contribution is 0.129. The van der Waals surface area contributed by atoms with Gasteiger partial charge in [0.1, 0.15) is 41.7 Å². The highest BCUT2D eigenvalue weighted by molar-refractivity contribution is 7.90. The van der Waals surface area contributed by atoms with Crippen LogP contribution in [0.4, 0.5) is 0 Å². The Balaban J connectivity index is 1.64. The lowest BCUT2D eigenvalue weighted by Gasteiger charge is -2.15. The maximum absolute atomic E-state index is 11.6. The fourth-order valence-corrected chi connectivity index (χ4v) is 3.81. The number of ether oxygens (including phenoxy) is 3. The van der Waals surface area contributed by atoms with Gasteiger partial charge < -0.3 is 29.4 Å². The van der Waals surface area contributed by atoms with Gasteiger partial charge in [0.15, 0.2) is 14.9 Å². The van der Waals surface area contributed by atoms with Gasteiger partial charge in [0, 0.05) is 23.6 Å². The molecule has 180 valence electrons. The van der Waals surface area contributed by atoms with E-state index >= 15 is 0 Å². The van der Waals surface area contributed by atoms with Gasteiger partial charge in [0.25, 0.3) is 0 Å². The Bertz CT molecular complexity index is 1290. The predicted molar refractivity (Wildman–Crippen MR) is 124 cm³/mol. The second kappa shape index (κ2) is 9.84. The molecule has 1 aliphatic heterocycles. The van der Waals surface area contributed by atoms with E-state index in [2.05, 4.69) is 15.0 Å². The summed E-state index contributed by atoms with van der Waals surface area (Å²) in [6, 6.07) is 11.5. The van der Waals surface area contributed by atoms with Gasteiger partial charge in [0.2, 0.25) is 5.90 Å². The molecule has 0 radical (unpaired) electrons. The van der Waals surface area contributed by atoms with Crippen molar-refractivity contribution in [3.05, 3.63) is 54.4 Å². The van der Waals surface area contributed by atoms with Crippen LogP contribution in [0.2, 0.25) is 0 Å². The van der Waals surface area contributed by atoms with Gasteiger partial charge in [-0.2, -0.15) is 0 Å². The Morgan fingerprint density at radius 2 is 1.88 bits per heavy atom. The molecule has 3 N–H and O–H groups in total. The van der Waals surface area contributed by atoms with Gasteiger partial charge in [-0.15, -0.1) is 0 Å². The van der Waals surface area contributed by atoms with Gasteiger partial charge in [-0.1, -0.05) is 0 Å². The molecule has 0 saturated carbocycles. The molecule has 4 rings (SSSR count). The summed E-state index contributed by atoms with van der Waals surface area (Å²) in [6.07, 6.45) is 1.98. The number of hydrogen-bond acceptors (Lipinski definition) is 9. The highest BCUT2D eigenvalue weighted by atomic mass is 32.2. The van der Waals surface area contributed by atoms with Crippen LogP contribution in [0.25, 0.3) is 11.3 Å². The number of aliphatic imine (C=N–C) groups is 1. The molecule has 10 nitrogen and oxygen atoms in total. The van der Waals surface area contributed by atoms with Crippen LogP contribution in [-0.4, -0.2) is 72.7 Å². The highest BCUT2D eigenvalue weighted by Crippen LogP contribution is 2.33. The maximum Gasteiger partial charge on any atom is 0.233 e. The van der Waals surface area contributed by atoms with Gasteiger partial charge in [-0.05, 0) is 43.3 Å². The molecule has 3 heterocycles. The van der Waals surface area contributed by atoms with E-state index < -0.39 is 15.9 Å². The number of aromatic nitrogens is 2. The number of benzene rings is 1. The topological polar surface area (TPSA) is 143 Å². The first-order chi connectivity index (χ1) is 16.2. The number of sulfone groups is 1. The summed E-state index contributed by atoms with van der Waals surface area (Å²) in [7, 11) is -3.42. The van der Waals surface area contributed by atoms with E-state index in [1.165, 1.54) is 18.3 Å². The summed E-state index contributed by atoms with van der Waals surface area (Å²) >= 11 is 0. The van der Waals surface area contributed by atoms with Crippen LogP contribution in [0.1, 0.15) is 12.6 Å². The third-order valence-electron chi connectivity index (χ3n) is 4.95. The van der Waals surface area contributed by atoms with E-state index in [9.17, 15) is 18.6 Å². The Hall–Kier alpha value is -3.41. The van der Waals surface area contributed by atoms with Crippen molar-refractivity contribution in [1.29, 1.82) is 0 Å². The second-order valence-corrected chi connectivity index (χ2v) is 9.84. The zero-order valence-corrected chi connectivity index (χ0v) is 19.4. The van der Waals surface area contributed by atoms with Crippen molar-refractivity contribution in [2.24, 2.45) is 4.99 Å². The molecular formula is C23H25N3O7S. The lowest BCUT2D eigenvalue weighted by atomic mass is 10.1. The smallest absolute Gasteiger partial charge is 0.233 e. The molecule has 11 heteroatoms. The van der Waals surface area contributed by atoms with Gasteiger partial charge in [-0.25, -0.2) is 18.4 Å². The Kier molecular flexibility index (Phi) is 6.87. The van der Waals surface area contributed by atoms with Gasteiger partial charge >= 0.3 is 0 Å². The molecule has 3 aromatic rings. The molecule has 0 spiro atoms. The zero-order valence-electron chi connectivity index (χ0n) is 18.6. The Morgan fingerprint density at radius 1 is 1.12 bits per heavy atom. The van der Waals surface area contributed by atoms with Crippen molar-refractivity contribution in [1.82, 2.24) is 9.97 Å². The van der Waals surface area contributed by atoms with Crippen molar-refractivity contribution in [3.8, 4) is 28.5 Å².